The lowest BCUT2D eigenvalue weighted by Crippen LogP contribution is -2.53. The molecule has 20 heavy (non-hydrogen) atoms. The van der Waals surface area contributed by atoms with Gasteiger partial charge in [-0.05, 0) is 14.0 Å². The SMILES string of the molecule is CNC(C)(COc1c(F)c(F)cc(F)c1F)C(=O)OC. The number of esters is 1. The van der Waals surface area contributed by atoms with Crippen LogP contribution < -0.4 is 10.1 Å². The standard InChI is InChI=1S/C12H13F4NO3/c1-12(17-2,11(18)19-3)5-20-10-8(15)6(13)4-7(14)9(10)16/h4,17H,5H2,1-3H3. The van der Waals surface area contributed by atoms with Crippen molar-refractivity contribution in [2.75, 3.05) is 20.8 Å². The van der Waals surface area contributed by atoms with Gasteiger partial charge in [0.05, 0.1) is 7.11 Å². The Hall–Kier alpha value is -1.83. The number of hydrogen-bond acceptors (Lipinski definition) is 4. The smallest absolute Gasteiger partial charge is 0.329 e. The number of carbonyl (C=O) groups excluding carboxylic acids is 1. The third-order valence-corrected chi connectivity index (χ3v) is 2.76. The quantitative estimate of drug-likeness (QED) is 0.511. The second-order valence-electron chi connectivity index (χ2n) is 4.16. The molecule has 0 aliphatic heterocycles. The van der Waals surface area contributed by atoms with Crippen molar-refractivity contribution in [1.82, 2.24) is 5.32 Å². The molecular weight excluding hydrogens is 282 g/mol. The average molecular weight is 295 g/mol. The zero-order chi connectivity index (χ0) is 15.5. The van der Waals surface area contributed by atoms with Crippen LogP contribution in [0.2, 0.25) is 0 Å². The maximum Gasteiger partial charge on any atom is 0.329 e. The Morgan fingerprint density at radius 3 is 2.15 bits per heavy atom. The van der Waals surface area contributed by atoms with Crippen molar-refractivity contribution in [3.8, 4) is 5.75 Å². The lowest BCUT2D eigenvalue weighted by Gasteiger charge is -2.26. The Kier molecular flexibility index (Phi) is 4.93. The molecule has 1 atom stereocenters. The molecule has 1 unspecified atom stereocenters. The molecule has 1 N–H and O–H groups in total. The highest BCUT2D eigenvalue weighted by atomic mass is 19.2. The first kappa shape index (κ1) is 16.2. The molecule has 0 amide bonds. The fourth-order valence-electron chi connectivity index (χ4n) is 1.35. The molecule has 0 aliphatic rings. The summed E-state index contributed by atoms with van der Waals surface area (Å²) < 4.78 is 61.9. The summed E-state index contributed by atoms with van der Waals surface area (Å²) in [5, 5.41) is 2.54. The second kappa shape index (κ2) is 6.08. The Bertz CT molecular complexity index is 498. The molecule has 0 radical (unpaired) electrons. The monoisotopic (exact) mass is 295 g/mol. The van der Waals surface area contributed by atoms with Crippen LogP contribution in [0.25, 0.3) is 0 Å². The van der Waals surface area contributed by atoms with Crippen molar-refractivity contribution < 1.29 is 31.8 Å². The third kappa shape index (κ3) is 3.01. The molecular formula is C12H13F4NO3. The van der Waals surface area contributed by atoms with Gasteiger partial charge in [0.1, 0.15) is 12.1 Å². The minimum atomic E-state index is -1.67. The van der Waals surface area contributed by atoms with Gasteiger partial charge in [-0.25, -0.2) is 13.6 Å². The number of ether oxygens (including phenoxy) is 2. The van der Waals surface area contributed by atoms with Crippen molar-refractivity contribution in [3.05, 3.63) is 29.3 Å². The molecule has 112 valence electrons. The van der Waals surface area contributed by atoms with Crippen LogP contribution in [0.1, 0.15) is 6.92 Å². The van der Waals surface area contributed by atoms with Crippen LogP contribution in [-0.2, 0) is 9.53 Å². The van der Waals surface area contributed by atoms with E-state index >= 15 is 0 Å². The van der Waals surface area contributed by atoms with E-state index in [-0.39, 0.29) is 6.07 Å². The summed E-state index contributed by atoms with van der Waals surface area (Å²) in [7, 11) is 2.50. The summed E-state index contributed by atoms with van der Waals surface area (Å²) in [5.74, 6) is -8.53. The Labute approximate surface area is 112 Å². The third-order valence-electron chi connectivity index (χ3n) is 2.76. The van der Waals surface area contributed by atoms with Crippen LogP contribution >= 0.6 is 0 Å². The first-order valence-electron chi connectivity index (χ1n) is 5.50. The predicted octanol–water partition coefficient (Wildman–Crippen LogP) is 1.77. The summed E-state index contributed by atoms with van der Waals surface area (Å²) in [5.41, 5.74) is -1.43. The number of carbonyl (C=O) groups is 1. The van der Waals surface area contributed by atoms with Gasteiger partial charge in [0.15, 0.2) is 17.4 Å². The first-order chi connectivity index (χ1) is 9.26. The van der Waals surface area contributed by atoms with E-state index in [2.05, 4.69) is 10.1 Å². The van der Waals surface area contributed by atoms with E-state index in [0.717, 1.165) is 7.11 Å². The number of nitrogens with one attached hydrogen (secondary N) is 1. The van der Waals surface area contributed by atoms with Crippen LogP contribution in [0.3, 0.4) is 0 Å². The molecule has 0 spiro atoms. The van der Waals surface area contributed by atoms with Gasteiger partial charge in [-0.1, -0.05) is 0 Å². The van der Waals surface area contributed by atoms with Crippen molar-refractivity contribution in [1.29, 1.82) is 0 Å². The largest absolute Gasteiger partial charge is 0.485 e. The van der Waals surface area contributed by atoms with E-state index in [1.807, 2.05) is 0 Å². The fourth-order valence-corrected chi connectivity index (χ4v) is 1.35. The van der Waals surface area contributed by atoms with Crippen LogP contribution in [0, 0.1) is 23.3 Å². The topological polar surface area (TPSA) is 47.6 Å². The highest BCUT2D eigenvalue weighted by Crippen LogP contribution is 2.27. The Balaban J connectivity index is 3.03. The van der Waals surface area contributed by atoms with Gasteiger partial charge in [-0.15, -0.1) is 0 Å². The van der Waals surface area contributed by atoms with Gasteiger partial charge in [-0.2, -0.15) is 8.78 Å². The Morgan fingerprint density at radius 1 is 1.25 bits per heavy atom. The molecule has 0 fully saturated rings. The van der Waals surface area contributed by atoms with Gasteiger partial charge >= 0.3 is 5.97 Å². The zero-order valence-corrected chi connectivity index (χ0v) is 11.0. The molecule has 1 aromatic carbocycles. The van der Waals surface area contributed by atoms with E-state index < -0.39 is 47.1 Å². The molecule has 0 saturated heterocycles. The van der Waals surface area contributed by atoms with Gasteiger partial charge in [0.25, 0.3) is 0 Å². The lowest BCUT2D eigenvalue weighted by atomic mass is 10.1. The van der Waals surface area contributed by atoms with Gasteiger partial charge in [0, 0.05) is 6.07 Å². The molecule has 8 heteroatoms. The van der Waals surface area contributed by atoms with Crippen LogP contribution in [-0.4, -0.2) is 32.3 Å². The van der Waals surface area contributed by atoms with Crippen molar-refractivity contribution in [2.45, 2.75) is 12.5 Å². The molecule has 0 saturated carbocycles. The van der Waals surface area contributed by atoms with Crippen LogP contribution in [0.4, 0.5) is 17.6 Å². The van der Waals surface area contributed by atoms with E-state index in [4.69, 9.17) is 4.74 Å². The number of benzene rings is 1. The van der Waals surface area contributed by atoms with Gasteiger partial charge in [-0.3, -0.25) is 0 Å². The summed E-state index contributed by atoms with van der Waals surface area (Å²) in [6.45, 7) is 0.747. The molecule has 1 aromatic rings. The van der Waals surface area contributed by atoms with E-state index in [9.17, 15) is 22.4 Å². The normalized spacial score (nSPS) is 13.8. The Morgan fingerprint density at radius 2 is 1.75 bits per heavy atom. The summed E-state index contributed by atoms with van der Waals surface area (Å²) >= 11 is 0. The fraction of sp³-hybridized carbons (Fsp3) is 0.417. The predicted molar refractivity (Wildman–Crippen MR) is 61.2 cm³/mol. The maximum absolute atomic E-state index is 13.4. The van der Waals surface area contributed by atoms with Gasteiger partial charge in [0.2, 0.25) is 11.6 Å². The number of methoxy groups -OCH3 is 1. The maximum atomic E-state index is 13.4. The first-order valence-corrected chi connectivity index (χ1v) is 5.50. The summed E-state index contributed by atoms with van der Waals surface area (Å²) in [6.07, 6.45) is 0. The van der Waals surface area contributed by atoms with E-state index in [1.54, 1.807) is 0 Å². The molecule has 1 rings (SSSR count). The molecule has 0 heterocycles. The van der Waals surface area contributed by atoms with Crippen molar-refractivity contribution in [2.24, 2.45) is 0 Å². The molecule has 4 nitrogen and oxygen atoms in total. The summed E-state index contributed by atoms with van der Waals surface area (Å²) in [6, 6.07) is 0.0646. The van der Waals surface area contributed by atoms with Gasteiger partial charge < -0.3 is 14.8 Å². The minimum absolute atomic E-state index is 0.0646. The molecule has 0 bridgehead atoms. The number of likely N-dealkylation sites (N-methyl/N-ethyl adjacent to an activating group) is 1. The number of rotatable bonds is 5. The minimum Gasteiger partial charge on any atom is -0.485 e. The van der Waals surface area contributed by atoms with Crippen LogP contribution in [0.15, 0.2) is 6.07 Å². The second-order valence-corrected chi connectivity index (χ2v) is 4.16. The lowest BCUT2D eigenvalue weighted by molar-refractivity contribution is -0.149. The van der Waals surface area contributed by atoms with Crippen molar-refractivity contribution in [3.63, 3.8) is 0 Å². The molecule has 0 aromatic heterocycles. The zero-order valence-electron chi connectivity index (χ0n) is 11.0. The van der Waals surface area contributed by atoms with E-state index in [1.165, 1.54) is 14.0 Å². The highest BCUT2D eigenvalue weighted by molar-refractivity contribution is 5.80. The number of hydrogen-bond donors (Lipinski definition) is 1. The summed E-state index contributed by atoms with van der Waals surface area (Å²) in [4.78, 5) is 11.5. The average Bonchev–Trinajstić information content (AvgIpc) is 2.43. The van der Waals surface area contributed by atoms with Crippen LogP contribution in [0.5, 0.6) is 5.75 Å². The van der Waals surface area contributed by atoms with E-state index in [0.29, 0.717) is 0 Å². The molecule has 0 aliphatic carbocycles. The number of halogens is 4. The van der Waals surface area contributed by atoms with Crippen molar-refractivity contribution >= 4 is 5.97 Å². The highest BCUT2D eigenvalue weighted by Gasteiger charge is 2.35.